The van der Waals surface area contributed by atoms with Gasteiger partial charge in [0.25, 0.3) is 11.8 Å². The van der Waals surface area contributed by atoms with Crippen LogP contribution in [0.5, 0.6) is 5.75 Å². The molecule has 12 heteroatoms. The van der Waals surface area contributed by atoms with Gasteiger partial charge in [0.15, 0.2) is 0 Å². The zero-order valence-electron chi connectivity index (χ0n) is 20.6. The molecule has 1 unspecified atom stereocenters. The Balaban J connectivity index is 1.55. The van der Waals surface area contributed by atoms with Crippen LogP contribution in [0.1, 0.15) is 40.0 Å². The van der Waals surface area contributed by atoms with Crippen molar-refractivity contribution in [1.29, 1.82) is 0 Å². The molecule has 1 aliphatic heterocycles. The zero-order valence-corrected chi connectivity index (χ0v) is 20.6. The average Bonchev–Trinajstić information content (AvgIpc) is 3.36. The largest absolute Gasteiger partial charge is 0.496 e. The first kappa shape index (κ1) is 27.5. The molecule has 0 aliphatic carbocycles. The van der Waals surface area contributed by atoms with Gasteiger partial charge in [0.1, 0.15) is 11.4 Å². The second-order valence-corrected chi connectivity index (χ2v) is 8.10. The second-order valence-electron chi connectivity index (χ2n) is 8.10. The topological polar surface area (TPSA) is 107 Å². The Bertz CT molecular complexity index is 1170. The van der Waals surface area contributed by atoms with Crippen LogP contribution in [-0.2, 0) is 17.4 Å². The van der Waals surface area contributed by atoms with Crippen molar-refractivity contribution in [2.24, 2.45) is 4.99 Å². The lowest BCUT2D eigenvalue weighted by molar-refractivity contribution is -0.137. The van der Waals surface area contributed by atoms with E-state index in [1.165, 1.54) is 12.7 Å². The fourth-order valence-corrected chi connectivity index (χ4v) is 3.56. The molecular weight excluding hydrogens is 489 g/mol. The molecule has 0 saturated carbocycles. The maximum absolute atomic E-state index is 12.9. The van der Waals surface area contributed by atoms with Gasteiger partial charge in [-0.3, -0.25) is 25.0 Å². The number of rotatable bonds is 10. The number of aryl methyl sites for hydroxylation is 1. The highest BCUT2D eigenvalue weighted by Crippen LogP contribution is 2.33. The molecule has 3 rings (SSSR count). The number of alkyl halides is 3. The van der Waals surface area contributed by atoms with Crippen LogP contribution in [0.25, 0.3) is 0 Å². The molecule has 1 atom stereocenters. The molecule has 4 N–H and O–H groups in total. The molecule has 2 amide bonds. The van der Waals surface area contributed by atoms with Gasteiger partial charge in [0.2, 0.25) is 0 Å². The third kappa shape index (κ3) is 7.23. The Morgan fingerprint density at radius 1 is 1.16 bits per heavy atom. The van der Waals surface area contributed by atoms with E-state index in [1.807, 2.05) is 24.3 Å². The Morgan fingerprint density at radius 2 is 1.89 bits per heavy atom. The van der Waals surface area contributed by atoms with E-state index in [0.717, 1.165) is 30.2 Å². The van der Waals surface area contributed by atoms with Gasteiger partial charge in [-0.15, -0.1) is 5.53 Å². The van der Waals surface area contributed by atoms with Crippen LogP contribution in [0, 0.1) is 0 Å². The Morgan fingerprint density at radius 3 is 2.51 bits per heavy atom. The Kier molecular flexibility index (Phi) is 9.12. The first-order valence-electron chi connectivity index (χ1n) is 11.5. The molecular formula is C25H29F3N6O3. The number of hydrogen-bond donors (Lipinski definition) is 4. The molecule has 0 radical (unpaired) electrons. The summed E-state index contributed by atoms with van der Waals surface area (Å²) in [6.45, 7) is 2.46. The number of benzene rings is 2. The van der Waals surface area contributed by atoms with Gasteiger partial charge in [-0.1, -0.05) is 31.2 Å². The van der Waals surface area contributed by atoms with Crippen LogP contribution in [-0.4, -0.2) is 50.3 Å². The van der Waals surface area contributed by atoms with E-state index in [1.54, 1.807) is 24.5 Å². The van der Waals surface area contributed by atoms with E-state index in [0.29, 0.717) is 0 Å². The van der Waals surface area contributed by atoms with Gasteiger partial charge < -0.3 is 15.4 Å². The van der Waals surface area contributed by atoms with Crippen LogP contribution in [0.3, 0.4) is 0 Å². The van der Waals surface area contributed by atoms with E-state index < -0.39 is 23.7 Å². The summed E-state index contributed by atoms with van der Waals surface area (Å²) in [6.07, 6.45) is -0.447. The minimum absolute atomic E-state index is 0.0192. The third-order valence-corrected chi connectivity index (χ3v) is 5.61. The number of hydrogen-bond acceptors (Lipinski definition) is 7. The molecule has 0 bridgehead atoms. The number of nitrogens with zero attached hydrogens (tertiary/aromatic N) is 2. The highest BCUT2D eigenvalue weighted by molar-refractivity contribution is 5.97. The van der Waals surface area contributed by atoms with Crippen LogP contribution in [0.4, 0.5) is 13.2 Å². The maximum atomic E-state index is 12.9. The molecule has 0 fully saturated rings. The maximum Gasteiger partial charge on any atom is 0.416 e. The van der Waals surface area contributed by atoms with Gasteiger partial charge in [-0.2, -0.15) is 13.2 Å². The fraction of sp³-hybridized carbons (Fsp3) is 0.320. The van der Waals surface area contributed by atoms with Gasteiger partial charge >= 0.3 is 6.18 Å². The van der Waals surface area contributed by atoms with Crippen molar-refractivity contribution >= 4 is 18.0 Å². The predicted octanol–water partition coefficient (Wildman–Crippen LogP) is 2.73. The summed E-state index contributed by atoms with van der Waals surface area (Å²) in [5.41, 5.74) is 6.99. The number of halogens is 3. The van der Waals surface area contributed by atoms with Gasteiger partial charge in [-0.05, 0) is 35.7 Å². The lowest BCUT2D eigenvalue weighted by Crippen LogP contribution is -2.42. The first-order valence-corrected chi connectivity index (χ1v) is 11.5. The van der Waals surface area contributed by atoms with E-state index in [-0.39, 0.29) is 36.0 Å². The SMILES string of the molecule is CCc1ccc(C(C=NC)NC(=O)C2=CN(CCNC(=O)c3ccc(C(F)(F)F)cc3OC)NN2)cc1. The molecule has 2 aromatic rings. The molecule has 1 aliphatic rings. The zero-order chi connectivity index (χ0) is 27.0. The van der Waals surface area contributed by atoms with Crippen LogP contribution >= 0.6 is 0 Å². The standard InChI is InChI=1S/C25H29F3N6O3/c1-4-16-5-7-17(8-6-16)20(14-29-2)31-24(36)21-15-34(33-32-21)12-11-30-23(35)19-10-9-18(25(26,27)28)13-22(19)37-3/h5-10,13-15,20,32-33H,4,11-12H2,1-3H3,(H,30,35)(H,31,36). The normalized spacial score (nSPS) is 14.2. The summed E-state index contributed by atoms with van der Waals surface area (Å²) < 4.78 is 43.7. The number of nitrogens with one attached hydrogen (secondary N) is 4. The fourth-order valence-electron chi connectivity index (χ4n) is 3.56. The summed E-state index contributed by atoms with van der Waals surface area (Å²) >= 11 is 0. The van der Waals surface area contributed by atoms with Crippen molar-refractivity contribution in [3.8, 4) is 5.75 Å². The van der Waals surface area contributed by atoms with Crippen LogP contribution in [0.2, 0.25) is 0 Å². The molecule has 198 valence electrons. The lowest BCUT2D eigenvalue weighted by atomic mass is 10.0. The summed E-state index contributed by atoms with van der Waals surface area (Å²) in [5.74, 6) is -1.13. The van der Waals surface area contributed by atoms with E-state index >= 15 is 0 Å². The molecule has 9 nitrogen and oxygen atoms in total. The monoisotopic (exact) mass is 518 g/mol. The molecule has 37 heavy (non-hydrogen) atoms. The van der Waals surface area contributed by atoms with E-state index in [9.17, 15) is 22.8 Å². The van der Waals surface area contributed by atoms with Crippen molar-refractivity contribution in [3.63, 3.8) is 0 Å². The molecule has 1 heterocycles. The van der Waals surface area contributed by atoms with Gasteiger partial charge in [0, 0.05) is 26.0 Å². The lowest BCUT2D eigenvalue weighted by Gasteiger charge is -2.16. The first-order chi connectivity index (χ1) is 17.7. The van der Waals surface area contributed by atoms with Gasteiger partial charge in [-0.25, -0.2) is 0 Å². The Hall–Kier alpha value is -4.06. The van der Waals surface area contributed by atoms with Crippen LogP contribution < -0.4 is 26.3 Å². The number of carbonyl (C=O) groups excluding carboxylic acids is 2. The molecule has 2 aromatic carbocycles. The number of aliphatic imine (C=N–C) groups is 1. The minimum atomic E-state index is -4.55. The summed E-state index contributed by atoms with van der Waals surface area (Å²) in [4.78, 5) is 29.3. The van der Waals surface area contributed by atoms with E-state index in [2.05, 4.69) is 33.5 Å². The van der Waals surface area contributed by atoms with Crippen molar-refractivity contribution in [3.05, 3.63) is 76.6 Å². The second kappa shape index (κ2) is 12.3. The van der Waals surface area contributed by atoms with Crippen molar-refractivity contribution in [2.75, 3.05) is 27.2 Å². The molecule has 0 aromatic heterocycles. The predicted molar refractivity (Wildman–Crippen MR) is 133 cm³/mol. The summed E-state index contributed by atoms with van der Waals surface area (Å²) in [5, 5.41) is 7.09. The van der Waals surface area contributed by atoms with Crippen molar-refractivity contribution < 1.29 is 27.5 Å². The highest BCUT2D eigenvalue weighted by Gasteiger charge is 2.32. The average molecular weight is 519 g/mol. The number of hydrazine groups is 2. The van der Waals surface area contributed by atoms with E-state index in [4.69, 9.17) is 4.74 Å². The van der Waals surface area contributed by atoms with Gasteiger partial charge in [0.05, 0.1) is 30.8 Å². The van der Waals surface area contributed by atoms with Crippen molar-refractivity contribution in [2.45, 2.75) is 25.6 Å². The summed E-state index contributed by atoms with van der Waals surface area (Å²) in [7, 11) is 2.82. The van der Waals surface area contributed by atoms with Crippen LogP contribution in [0.15, 0.2) is 59.4 Å². The number of amides is 2. The number of carbonyl (C=O) groups is 2. The van der Waals surface area contributed by atoms with Crippen molar-refractivity contribution in [1.82, 2.24) is 26.6 Å². The minimum Gasteiger partial charge on any atom is -0.496 e. The Labute approximate surface area is 212 Å². The molecule has 0 saturated heterocycles. The smallest absolute Gasteiger partial charge is 0.416 e. The highest BCUT2D eigenvalue weighted by atomic mass is 19.4. The summed E-state index contributed by atoms with van der Waals surface area (Å²) in [6, 6.07) is 10.2. The molecule has 0 spiro atoms. The number of ether oxygens (including phenoxy) is 1. The number of methoxy groups -OCH3 is 1. The quantitative estimate of drug-likeness (QED) is 0.361. The third-order valence-electron chi connectivity index (χ3n) is 5.61.